The molecule has 1 aliphatic heterocycles. The molecule has 1 atom stereocenters. The number of sulfonamides is 1. The Kier molecular flexibility index (Phi) is 8.11. The Morgan fingerprint density at radius 2 is 1.67 bits per heavy atom. The Bertz CT molecular complexity index is 1530. The van der Waals surface area contributed by atoms with Gasteiger partial charge in [0.15, 0.2) is 5.13 Å². The fraction of sp³-hybridized carbons (Fsp3) is 0.267. The van der Waals surface area contributed by atoms with E-state index >= 15 is 0 Å². The molecule has 1 unspecified atom stereocenters. The van der Waals surface area contributed by atoms with Crippen LogP contribution in [0.5, 0.6) is 5.75 Å². The normalized spacial score (nSPS) is 15.8. The molecule has 1 aromatic heterocycles. The van der Waals surface area contributed by atoms with Gasteiger partial charge in [-0.1, -0.05) is 67.9 Å². The van der Waals surface area contributed by atoms with Crippen LogP contribution < -0.4 is 10.1 Å². The standard InChI is InChI=1S/C30H31N3O4S2/c1-3-8-27-28(23-14-12-22(13-15-23)21-9-5-4-6-10-21)31-30(38-27)32-29(34)26-11-7-20-33(26)39(35,36)25-18-16-24(37-2)17-19-25/h4-6,9-10,12-19,26H,3,7-8,11,20H2,1-2H3,(H,31,32,34). The second kappa shape index (κ2) is 11.7. The number of amides is 1. The molecular weight excluding hydrogens is 530 g/mol. The van der Waals surface area contributed by atoms with E-state index in [1.807, 2.05) is 18.2 Å². The first-order chi connectivity index (χ1) is 18.9. The van der Waals surface area contributed by atoms with Crippen molar-refractivity contribution in [2.24, 2.45) is 0 Å². The van der Waals surface area contributed by atoms with E-state index in [1.54, 1.807) is 12.1 Å². The molecular formula is C30H31N3O4S2. The molecule has 1 amide bonds. The largest absolute Gasteiger partial charge is 0.497 e. The molecule has 4 aromatic rings. The molecule has 5 rings (SSSR count). The Balaban J connectivity index is 1.35. The summed E-state index contributed by atoms with van der Waals surface area (Å²) in [5.41, 5.74) is 4.11. The van der Waals surface area contributed by atoms with Crippen molar-refractivity contribution in [3.8, 4) is 28.1 Å². The molecule has 1 aliphatic rings. The van der Waals surface area contributed by atoms with Gasteiger partial charge in [-0.15, -0.1) is 11.3 Å². The Morgan fingerprint density at radius 1 is 1.00 bits per heavy atom. The van der Waals surface area contributed by atoms with Crippen molar-refractivity contribution >= 4 is 32.4 Å². The van der Waals surface area contributed by atoms with E-state index in [0.29, 0.717) is 30.3 Å². The molecule has 0 aliphatic carbocycles. The lowest BCUT2D eigenvalue weighted by Gasteiger charge is -2.23. The number of anilines is 1. The van der Waals surface area contributed by atoms with Crippen LogP contribution in [-0.4, -0.2) is 43.3 Å². The molecule has 39 heavy (non-hydrogen) atoms. The van der Waals surface area contributed by atoms with Gasteiger partial charge in [0.05, 0.1) is 17.7 Å². The summed E-state index contributed by atoms with van der Waals surface area (Å²) >= 11 is 1.45. The van der Waals surface area contributed by atoms with E-state index in [-0.39, 0.29) is 10.8 Å². The van der Waals surface area contributed by atoms with Gasteiger partial charge in [0.1, 0.15) is 11.8 Å². The van der Waals surface area contributed by atoms with Gasteiger partial charge in [0.2, 0.25) is 15.9 Å². The smallest absolute Gasteiger partial charge is 0.244 e. The number of benzene rings is 3. The third-order valence-corrected chi connectivity index (χ3v) is 9.80. The number of nitrogens with one attached hydrogen (secondary N) is 1. The van der Waals surface area contributed by atoms with Crippen LogP contribution in [-0.2, 0) is 21.2 Å². The number of nitrogens with zero attached hydrogens (tertiary/aromatic N) is 2. The molecule has 0 saturated carbocycles. The van der Waals surface area contributed by atoms with Crippen molar-refractivity contribution in [1.29, 1.82) is 0 Å². The zero-order chi connectivity index (χ0) is 27.4. The average molecular weight is 562 g/mol. The van der Waals surface area contributed by atoms with Gasteiger partial charge in [0.25, 0.3) is 0 Å². The van der Waals surface area contributed by atoms with Crippen molar-refractivity contribution < 1.29 is 17.9 Å². The number of rotatable bonds is 9. The van der Waals surface area contributed by atoms with Crippen LogP contribution in [0.3, 0.4) is 0 Å². The number of aryl methyl sites for hydroxylation is 1. The maximum Gasteiger partial charge on any atom is 0.244 e. The molecule has 0 radical (unpaired) electrons. The van der Waals surface area contributed by atoms with Crippen LogP contribution in [0.4, 0.5) is 5.13 Å². The second-order valence-corrected chi connectivity index (χ2v) is 12.4. The van der Waals surface area contributed by atoms with Crippen LogP contribution in [0.15, 0.2) is 83.8 Å². The van der Waals surface area contributed by atoms with Crippen molar-refractivity contribution in [1.82, 2.24) is 9.29 Å². The summed E-state index contributed by atoms with van der Waals surface area (Å²) in [7, 11) is -2.30. The SMILES string of the molecule is CCCc1sc(NC(=O)C2CCCN2S(=O)(=O)c2ccc(OC)cc2)nc1-c1ccc(-c2ccccc2)cc1. The molecule has 3 aromatic carbocycles. The Labute approximate surface area is 233 Å². The molecule has 7 nitrogen and oxygen atoms in total. The molecule has 2 heterocycles. The molecule has 1 fully saturated rings. The number of hydrogen-bond acceptors (Lipinski definition) is 6. The minimum atomic E-state index is -3.83. The summed E-state index contributed by atoms with van der Waals surface area (Å²) in [4.78, 5) is 19.4. The number of carbonyl (C=O) groups excluding carboxylic acids is 1. The molecule has 0 spiro atoms. The Morgan fingerprint density at radius 3 is 2.33 bits per heavy atom. The number of carbonyl (C=O) groups is 1. The lowest BCUT2D eigenvalue weighted by Crippen LogP contribution is -2.43. The molecule has 0 bridgehead atoms. The van der Waals surface area contributed by atoms with E-state index in [4.69, 9.17) is 9.72 Å². The van der Waals surface area contributed by atoms with Gasteiger partial charge in [-0.3, -0.25) is 4.79 Å². The summed E-state index contributed by atoms with van der Waals surface area (Å²) in [5.74, 6) is 0.217. The van der Waals surface area contributed by atoms with Crippen molar-refractivity contribution in [2.75, 3.05) is 19.0 Å². The number of ether oxygens (including phenoxy) is 1. The van der Waals surface area contributed by atoms with Gasteiger partial charge >= 0.3 is 0 Å². The minimum absolute atomic E-state index is 0.142. The zero-order valence-corrected chi connectivity index (χ0v) is 23.6. The minimum Gasteiger partial charge on any atom is -0.497 e. The monoisotopic (exact) mass is 561 g/mol. The topological polar surface area (TPSA) is 88.6 Å². The first kappa shape index (κ1) is 27.1. The van der Waals surface area contributed by atoms with Crippen LogP contribution in [0.2, 0.25) is 0 Å². The number of aromatic nitrogens is 1. The highest BCUT2D eigenvalue weighted by Crippen LogP contribution is 2.34. The summed E-state index contributed by atoms with van der Waals surface area (Å²) in [6.07, 6.45) is 2.86. The van der Waals surface area contributed by atoms with Gasteiger partial charge in [-0.2, -0.15) is 4.31 Å². The van der Waals surface area contributed by atoms with Crippen LogP contribution >= 0.6 is 11.3 Å². The lowest BCUT2D eigenvalue weighted by atomic mass is 10.0. The van der Waals surface area contributed by atoms with Crippen LogP contribution in [0, 0.1) is 0 Å². The third kappa shape index (κ3) is 5.75. The fourth-order valence-electron chi connectivity index (χ4n) is 4.84. The zero-order valence-electron chi connectivity index (χ0n) is 22.0. The first-order valence-corrected chi connectivity index (χ1v) is 15.3. The third-order valence-electron chi connectivity index (χ3n) is 6.84. The van der Waals surface area contributed by atoms with Crippen LogP contribution in [0.25, 0.3) is 22.4 Å². The van der Waals surface area contributed by atoms with Crippen molar-refractivity contribution in [2.45, 2.75) is 43.5 Å². The van der Waals surface area contributed by atoms with E-state index in [1.165, 1.54) is 34.9 Å². The maximum atomic E-state index is 13.4. The summed E-state index contributed by atoms with van der Waals surface area (Å²) in [6.45, 7) is 2.41. The molecule has 1 saturated heterocycles. The van der Waals surface area contributed by atoms with E-state index in [0.717, 1.165) is 40.1 Å². The fourth-order valence-corrected chi connectivity index (χ4v) is 7.58. The number of thiazole rings is 1. The predicted octanol–water partition coefficient (Wildman–Crippen LogP) is 6.23. The second-order valence-electron chi connectivity index (χ2n) is 9.42. The molecule has 9 heteroatoms. The highest BCUT2D eigenvalue weighted by molar-refractivity contribution is 7.89. The van der Waals surface area contributed by atoms with Crippen molar-refractivity contribution in [3.63, 3.8) is 0 Å². The van der Waals surface area contributed by atoms with E-state index < -0.39 is 16.1 Å². The summed E-state index contributed by atoms with van der Waals surface area (Å²) in [5, 5.41) is 3.41. The van der Waals surface area contributed by atoms with Gasteiger partial charge in [0, 0.05) is 17.0 Å². The van der Waals surface area contributed by atoms with E-state index in [9.17, 15) is 13.2 Å². The summed E-state index contributed by atoms with van der Waals surface area (Å²) < 4.78 is 33.1. The van der Waals surface area contributed by atoms with Gasteiger partial charge in [-0.25, -0.2) is 13.4 Å². The predicted molar refractivity (Wildman–Crippen MR) is 156 cm³/mol. The van der Waals surface area contributed by atoms with Crippen molar-refractivity contribution in [3.05, 3.63) is 83.7 Å². The summed E-state index contributed by atoms with van der Waals surface area (Å²) in [6, 6.07) is 23.9. The molecule has 1 N–H and O–H groups in total. The number of hydrogen-bond donors (Lipinski definition) is 1. The molecule has 202 valence electrons. The van der Waals surface area contributed by atoms with E-state index in [2.05, 4.69) is 48.6 Å². The van der Waals surface area contributed by atoms with Gasteiger partial charge < -0.3 is 10.1 Å². The lowest BCUT2D eigenvalue weighted by molar-refractivity contribution is -0.119. The highest BCUT2D eigenvalue weighted by atomic mass is 32.2. The first-order valence-electron chi connectivity index (χ1n) is 13.0. The maximum absolute atomic E-state index is 13.4. The quantitative estimate of drug-likeness (QED) is 0.262. The Hall–Kier alpha value is -3.53. The average Bonchev–Trinajstić information content (AvgIpc) is 3.62. The van der Waals surface area contributed by atoms with Gasteiger partial charge in [-0.05, 0) is 54.7 Å². The van der Waals surface area contributed by atoms with Crippen LogP contribution in [0.1, 0.15) is 31.1 Å². The number of methoxy groups -OCH3 is 1. The highest BCUT2D eigenvalue weighted by Gasteiger charge is 2.39.